The van der Waals surface area contributed by atoms with Crippen LogP contribution in [0.1, 0.15) is 99.4 Å². The van der Waals surface area contributed by atoms with Gasteiger partial charge in [-0.1, -0.05) is 51.5 Å². The van der Waals surface area contributed by atoms with Crippen molar-refractivity contribution >= 4 is 5.97 Å². The van der Waals surface area contributed by atoms with Gasteiger partial charge in [0.05, 0.1) is 12.7 Å². The molecule has 3 nitrogen and oxygen atoms in total. The number of halogens is 1. The van der Waals surface area contributed by atoms with Crippen LogP contribution in [0.5, 0.6) is 11.5 Å². The zero-order valence-electron chi connectivity index (χ0n) is 20.7. The number of unbranched alkanes of at least 4 members (excludes halogenated alkanes) is 3. The minimum atomic E-state index is -0.545. The third kappa shape index (κ3) is 6.20. The Morgan fingerprint density at radius 1 is 0.912 bits per heavy atom. The van der Waals surface area contributed by atoms with Crippen molar-refractivity contribution in [2.45, 2.75) is 83.5 Å². The van der Waals surface area contributed by atoms with Crippen molar-refractivity contribution in [3.8, 4) is 11.5 Å². The first-order chi connectivity index (χ1) is 16.6. The molecule has 4 heteroatoms. The highest BCUT2D eigenvalue weighted by atomic mass is 19.1. The van der Waals surface area contributed by atoms with E-state index in [0.717, 1.165) is 36.2 Å². The number of hydrogen-bond donors (Lipinski definition) is 0. The Morgan fingerprint density at radius 2 is 1.65 bits per heavy atom. The van der Waals surface area contributed by atoms with Crippen LogP contribution in [0.4, 0.5) is 4.39 Å². The first kappa shape index (κ1) is 24.8. The summed E-state index contributed by atoms with van der Waals surface area (Å²) in [6.07, 6.45) is 14.2. The number of methoxy groups -OCH3 is 1. The van der Waals surface area contributed by atoms with Gasteiger partial charge in [0.2, 0.25) is 0 Å². The molecule has 4 unspecified atom stereocenters. The largest absolute Gasteiger partial charge is 0.497 e. The van der Waals surface area contributed by atoms with Crippen molar-refractivity contribution in [3.63, 3.8) is 0 Å². The molecule has 2 aromatic carbocycles. The van der Waals surface area contributed by atoms with Gasteiger partial charge in [-0.2, -0.15) is 0 Å². The summed E-state index contributed by atoms with van der Waals surface area (Å²) in [5.41, 5.74) is 1.01. The van der Waals surface area contributed by atoms with Crippen molar-refractivity contribution in [3.05, 3.63) is 59.4 Å². The molecule has 2 aliphatic rings. The number of carbonyl (C=O) groups excluding carboxylic acids is 1. The van der Waals surface area contributed by atoms with E-state index in [1.54, 1.807) is 37.4 Å². The van der Waals surface area contributed by atoms with Crippen molar-refractivity contribution in [2.75, 3.05) is 7.11 Å². The van der Waals surface area contributed by atoms with Gasteiger partial charge in [0.15, 0.2) is 0 Å². The topological polar surface area (TPSA) is 35.5 Å². The lowest BCUT2D eigenvalue weighted by Crippen LogP contribution is -2.30. The number of benzene rings is 2. The molecular weight excluding hydrogens is 427 g/mol. The Hall–Kier alpha value is -2.36. The maximum absolute atomic E-state index is 15.1. The number of hydrogen-bond acceptors (Lipinski definition) is 3. The van der Waals surface area contributed by atoms with Crippen molar-refractivity contribution < 1.29 is 18.7 Å². The zero-order chi connectivity index (χ0) is 23.9. The molecule has 0 amide bonds. The molecule has 0 heterocycles. The van der Waals surface area contributed by atoms with Crippen LogP contribution in [0.25, 0.3) is 0 Å². The lowest BCUT2D eigenvalue weighted by Gasteiger charge is -2.42. The second-order valence-electron chi connectivity index (χ2n) is 10.4. The van der Waals surface area contributed by atoms with Gasteiger partial charge in [0, 0.05) is 0 Å². The summed E-state index contributed by atoms with van der Waals surface area (Å²) < 4.78 is 25.6. The van der Waals surface area contributed by atoms with Crippen LogP contribution < -0.4 is 9.47 Å². The van der Waals surface area contributed by atoms with Crippen LogP contribution in [-0.2, 0) is 0 Å². The van der Waals surface area contributed by atoms with Crippen LogP contribution >= 0.6 is 0 Å². The van der Waals surface area contributed by atoms with Gasteiger partial charge >= 0.3 is 5.97 Å². The Labute approximate surface area is 204 Å². The van der Waals surface area contributed by atoms with E-state index in [-0.39, 0.29) is 17.3 Å². The summed E-state index contributed by atoms with van der Waals surface area (Å²) in [5, 5.41) is 0. The molecule has 0 radical (unpaired) electrons. The van der Waals surface area contributed by atoms with Crippen LogP contribution in [0.2, 0.25) is 0 Å². The van der Waals surface area contributed by atoms with E-state index in [4.69, 9.17) is 9.47 Å². The average molecular weight is 467 g/mol. The van der Waals surface area contributed by atoms with E-state index >= 15 is 4.39 Å². The lowest BCUT2D eigenvalue weighted by molar-refractivity contribution is 0.0734. The third-order valence-electron chi connectivity index (χ3n) is 8.13. The van der Waals surface area contributed by atoms with E-state index in [1.165, 1.54) is 63.9 Å². The molecule has 2 aliphatic carbocycles. The molecule has 0 spiro atoms. The second-order valence-corrected chi connectivity index (χ2v) is 10.4. The number of esters is 1. The highest BCUT2D eigenvalue weighted by Crippen LogP contribution is 2.48. The van der Waals surface area contributed by atoms with Crippen LogP contribution in [0, 0.1) is 23.6 Å². The molecule has 2 aromatic rings. The minimum absolute atomic E-state index is 0.245. The van der Waals surface area contributed by atoms with E-state index in [0.29, 0.717) is 11.5 Å². The fourth-order valence-electron chi connectivity index (χ4n) is 6.19. The summed E-state index contributed by atoms with van der Waals surface area (Å²) in [7, 11) is 1.58. The maximum atomic E-state index is 15.1. The fourth-order valence-corrected chi connectivity index (χ4v) is 6.19. The number of carbonyl (C=O) groups is 1. The normalized spacial score (nSPS) is 24.3. The molecule has 0 aromatic heterocycles. The molecule has 2 saturated carbocycles. The Kier molecular flexibility index (Phi) is 8.64. The zero-order valence-corrected chi connectivity index (χ0v) is 20.7. The highest BCUT2D eigenvalue weighted by Gasteiger charge is 2.36. The maximum Gasteiger partial charge on any atom is 0.343 e. The van der Waals surface area contributed by atoms with Gasteiger partial charge in [0.25, 0.3) is 0 Å². The number of fused-ring (bicyclic) bond motifs is 1. The lowest BCUT2D eigenvalue weighted by atomic mass is 9.63. The second kappa shape index (κ2) is 11.9. The molecule has 184 valence electrons. The van der Waals surface area contributed by atoms with Crippen molar-refractivity contribution in [1.29, 1.82) is 0 Å². The number of ether oxygens (including phenoxy) is 2. The molecule has 4 rings (SSSR count). The Morgan fingerprint density at radius 3 is 2.38 bits per heavy atom. The van der Waals surface area contributed by atoms with Gasteiger partial charge in [-0.3, -0.25) is 0 Å². The third-order valence-corrected chi connectivity index (χ3v) is 8.13. The van der Waals surface area contributed by atoms with Gasteiger partial charge in [-0.15, -0.1) is 0 Å². The van der Waals surface area contributed by atoms with E-state index in [1.807, 2.05) is 6.07 Å². The Bertz CT molecular complexity index is 939. The molecule has 0 saturated heterocycles. The molecule has 34 heavy (non-hydrogen) atoms. The fraction of sp³-hybridized carbons (Fsp3) is 0.567. The summed E-state index contributed by atoms with van der Waals surface area (Å²) in [5.74, 6) is 2.98. The predicted octanol–water partition coefficient (Wildman–Crippen LogP) is 8.32. The molecule has 4 atom stereocenters. The van der Waals surface area contributed by atoms with Crippen LogP contribution in [0.3, 0.4) is 0 Å². The average Bonchev–Trinajstić information content (AvgIpc) is 2.86. The first-order valence-corrected chi connectivity index (χ1v) is 13.2. The number of rotatable bonds is 9. The van der Waals surface area contributed by atoms with E-state index < -0.39 is 5.97 Å². The van der Waals surface area contributed by atoms with E-state index in [9.17, 15) is 4.79 Å². The van der Waals surface area contributed by atoms with Gasteiger partial charge in [0.1, 0.15) is 17.3 Å². The predicted molar refractivity (Wildman–Crippen MR) is 134 cm³/mol. The summed E-state index contributed by atoms with van der Waals surface area (Å²) >= 11 is 0. The van der Waals surface area contributed by atoms with Crippen LogP contribution in [-0.4, -0.2) is 13.1 Å². The van der Waals surface area contributed by atoms with Crippen molar-refractivity contribution in [1.82, 2.24) is 0 Å². The van der Waals surface area contributed by atoms with Crippen molar-refractivity contribution in [2.24, 2.45) is 17.8 Å². The highest BCUT2D eigenvalue weighted by molar-refractivity contribution is 5.91. The van der Waals surface area contributed by atoms with Gasteiger partial charge in [-0.25, -0.2) is 9.18 Å². The molecule has 0 bridgehead atoms. The standard InChI is InChI=1S/C30H39FO3/c1-3-4-5-6-7-21-8-9-23-19-24(11-10-22(23)18-21)28-17-12-25(20-29(28)31)30(32)34-27-15-13-26(33-2)14-16-27/h12-17,20-24H,3-11,18-19H2,1-2H3. The molecule has 0 aliphatic heterocycles. The summed E-state index contributed by atoms with van der Waals surface area (Å²) in [6.45, 7) is 2.27. The Balaban J connectivity index is 1.31. The molecule has 2 fully saturated rings. The minimum Gasteiger partial charge on any atom is -0.497 e. The summed E-state index contributed by atoms with van der Waals surface area (Å²) in [6, 6.07) is 11.7. The summed E-state index contributed by atoms with van der Waals surface area (Å²) in [4.78, 5) is 12.5. The van der Waals surface area contributed by atoms with E-state index in [2.05, 4.69) is 6.92 Å². The SMILES string of the molecule is CCCCCCC1CCC2CC(c3ccc(C(=O)Oc4ccc(OC)cc4)cc3F)CCC2C1. The molecular formula is C30H39FO3. The first-order valence-electron chi connectivity index (χ1n) is 13.2. The van der Waals surface area contributed by atoms with Gasteiger partial charge < -0.3 is 9.47 Å². The van der Waals surface area contributed by atoms with Crippen LogP contribution in [0.15, 0.2) is 42.5 Å². The molecule has 0 N–H and O–H groups in total. The monoisotopic (exact) mass is 466 g/mol. The van der Waals surface area contributed by atoms with Gasteiger partial charge in [-0.05, 0) is 97.7 Å². The quantitative estimate of drug-likeness (QED) is 0.212. The smallest absolute Gasteiger partial charge is 0.343 e.